The summed E-state index contributed by atoms with van der Waals surface area (Å²) in [7, 11) is 0. The van der Waals surface area contributed by atoms with E-state index < -0.39 is 0 Å². The van der Waals surface area contributed by atoms with Gasteiger partial charge in [0.1, 0.15) is 0 Å². The van der Waals surface area contributed by atoms with Crippen LogP contribution in [-0.2, 0) is 12.8 Å². The summed E-state index contributed by atoms with van der Waals surface area (Å²) in [5.41, 5.74) is 6.82. The van der Waals surface area contributed by atoms with Crippen LogP contribution in [0.1, 0.15) is 36.1 Å². The molecule has 1 aromatic carbocycles. The molecule has 0 radical (unpaired) electrons. The summed E-state index contributed by atoms with van der Waals surface area (Å²) in [5.74, 6) is 0. The smallest absolute Gasteiger partial charge is 0.00880 e. The van der Waals surface area contributed by atoms with E-state index in [0.717, 1.165) is 12.8 Å². The number of hydrogen-bond acceptors (Lipinski definition) is 0. The first-order chi connectivity index (χ1) is 9.26. The van der Waals surface area contributed by atoms with Crippen LogP contribution in [0.15, 0.2) is 54.6 Å². The highest BCUT2D eigenvalue weighted by Crippen LogP contribution is 2.24. The molecule has 1 aromatic rings. The van der Waals surface area contributed by atoms with Crippen molar-refractivity contribution in [2.24, 2.45) is 0 Å². The van der Waals surface area contributed by atoms with E-state index in [1.807, 2.05) is 0 Å². The largest absolute Gasteiger partial charge is 0.0798 e. The second-order valence-corrected chi connectivity index (χ2v) is 4.90. The molecule has 1 aliphatic rings. The average molecular weight is 250 g/mol. The van der Waals surface area contributed by atoms with Gasteiger partial charge in [-0.1, -0.05) is 61.5 Å². The normalized spacial score (nSPS) is 15.0. The zero-order chi connectivity index (χ0) is 13.7. The lowest BCUT2D eigenvalue weighted by Crippen LogP contribution is -1.94. The molecule has 0 saturated carbocycles. The molecule has 0 heteroatoms. The van der Waals surface area contributed by atoms with Gasteiger partial charge in [0.25, 0.3) is 0 Å². The predicted octanol–water partition coefficient (Wildman–Crippen LogP) is 5.20. The van der Waals surface area contributed by atoms with Gasteiger partial charge in [0.15, 0.2) is 0 Å². The van der Waals surface area contributed by atoms with E-state index >= 15 is 0 Å². The maximum atomic E-state index is 2.27. The van der Waals surface area contributed by atoms with Gasteiger partial charge in [-0.05, 0) is 54.5 Å². The second-order valence-electron chi connectivity index (χ2n) is 4.90. The fourth-order valence-electron chi connectivity index (χ4n) is 2.50. The van der Waals surface area contributed by atoms with Crippen molar-refractivity contribution >= 4 is 5.57 Å². The Balaban J connectivity index is 2.67. The molecule has 0 atom stereocenters. The quantitative estimate of drug-likeness (QED) is 0.643. The molecule has 0 aromatic heterocycles. The standard InChI is InChI=1S/C19H22/c1-4-16-9-6-7-12-19-17(5-2)10-8-11-18(19)14-13-15(16)3/h5-10,12-14H,4,11H2,1-3H3/b7-6?,9-6?,12-7?,14-13?,15-13?,16-9?,16-15?,17-5-,18-14?,19-12?. The van der Waals surface area contributed by atoms with Gasteiger partial charge in [-0.25, -0.2) is 0 Å². The molecular formula is C19H22. The topological polar surface area (TPSA) is 0 Å². The first kappa shape index (κ1) is 13.6. The molecule has 0 N–H and O–H groups in total. The van der Waals surface area contributed by atoms with Gasteiger partial charge < -0.3 is 0 Å². The summed E-state index contributed by atoms with van der Waals surface area (Å²) in [6.07, 6.45) is 8.73. The molecule has 98 valence electrons. The van der Waals surface area contributed by atoms with Gasteiger partial charge in [-0.3, -0.25) is 0 Å². The van der Waals surface area contributed by atoms with Crippen molar-refractivity contribution in [3.63, 3.8) is 0 Å². The average Bonchev–Trinajstić information content (AvgIpc) is 2.45. The first-order valence-electron chi connectivity index (χ1n) is 7.05. The Morgan fingerprint density at radius 2 is 1.89 bits per heavy atom. The van der Waals surface area contributed by atoms with Gasteiger partial charge >= 0.3 is 0 Å². The summed E-state index contributed by atoms with van der Waals surface area (Å²) < 4.78 is 0. The molecule has 0 saturated heterocycles. The van der Waals surface area contributed by atoms with Crippen molar-refractivity contribution in [2.45, 2.75) is 33.6 Å². The lowest BCUT2D eigenvalue weighted by Gasteiger charge is -2.12. The Morgan fingerprint density at radius 1 is 1.11 bits per heavy atom. The van der Waals surface area contributed by atoms with Crippen LogP contribution in [0, 0.1) is 6.92 Å². The van der Waals surface area contributed by atoms with Gasteiger partial charge in [0, 0.05) is 0 Å². The van der Waals surface area contributed by atoms with E-state index in [1.54, 1.807) is 0 Å². The zero-order valence-electron chi connectivity index (χ0n) is 12.1. The van der Waals surface area contributed by atoms with E-state index in [1.165, 1.54) is 27.8 Å². The molecular weight excluding hydrogens is 228 g/mol. The summed E-state index contributed by atoms with van der Waals surface area (Å²) in [5, 5.41) is 0. The van der Waals surface area contributed by atoms with Crippen molar-refractivity contribution in [3.8, 4) is 0 Å². The van der Waals surface area contributed by atoms with Crippen LogP contribution in [-0.4, -0.2) is 0 Å². The molecule has 0 nitrogen and oxygen atoms in total. The lowest BCUT2D eigenvalue weighted by molar-refractivity contribution is 1.11. The molecule has 0 heterocycles. The molecule has 2 rings (SSSR count). The van der Waals surface area contributed by atoms with Crippen molar-refractivity contribution in [3.05, 3.63) is 76.9 Å². The van der Waals surface area contributed by atoms with Crippen LogP contribution >= 0.6 is 0 Å². The Hall–Kier alpha value is -1.82. The predicted molar refractivity (Wildman–Crippen MR) is 84.7 cm³/mol. The monoisotopic (exact) mass is 250 g/mol. The molecule has 0 spiro atoms. The third-order valence-corrected chi connectivity index (χ3v) is 3.70. The van der Waals surface area contributed by atoms with Crippen LogP contribution in [0.3, 0.4) is 0 Å². The van der Waals surface area contributed by atoms with E-state index in [-0.39, 0.29) is 0 Å². The molecule has 0 fully saturated rings. The van der Waals surface area contributed by atoms with Crippen LogP contribution in [0.2, 0.25) is 0 Å². The van der Waals surface area contributed by atoms with Crippen molar-refractivity contribution < 1.29 is 0 Å². The highest BCUT2D eigenvalue weighted by atomic mass is 14.1. The summed E-state index contributed by atoms with van der Waals surface area (Å²) >= 11 is 0. The minimum Gasteiger partial charge on any atom is -0.0798 e. The van der Waals surface area contributed by atoms with Gasteiger partial charge in [-0.15, -0.1) is 0 Å². The maximum Gasteiger partial charge on any atom is -0.00880 e. The van der Waals surface area contributed by atoms with E-state index in [9.17, 15) is 0 Å². The van der Waals surface area contributed by atoms with Crippen molar-refractivity contribution in [1.82, 2.24) is 0 Å². The maximum absolute atomic E-state index is 2.27. The van der Waals surface area contributed by atoms with Gasteiger partial charge in [0.2, 0.25) is 0 Å². The van der Waals surface area contributed by atoms with Crippen LogP contribution < -0.4 is 0 Å². The highest BCUT2D eigenvalue weighted by molar-refractivity contribution is 5.77. The number of hydrogen-bond donors (Lipinski definition) is 0. The Morgan fingerprint density at radius 3 is 2.63 bits per heavy atom. The van der Waals surface area contributed by atoms with Crippen molar-refractivity contribution in [1.29, 1.82) is 0 Å². The molecule has 0 unspecified atom stereocenters. The van der Waals surface area contributed by atoms with Gasteiger partial charge in [-0.2, -0.15) is 0 Å². The molecule has 19 heavy (non-hydrogen) atoms. The Labute approximate surface area is 116 Å². The number of rotatable bonds is 1. The third kappa shape index (κ3) is 3.14. The SMILES string of the molecule is C/C=C1/C=CCc2ccc(C)c(CC)ccccc21. The van der Waals surface area contributed by atoms with Crippen molar-refractivity contribution in [2.75, 3.05) is 0 Å². The molecule has 1 aliphatic carbocycles. The highest BCUT2D eigenvalue weighted by Gasteiger charge is 2.05. The Bertz CT molecular complexity index is 573. The lowest BCUT2D eigenvalue weighted by atomic mass is 9.93. The minimum atomic E-state index is 1.02. The molecule has 0 amide bonds. The van der Waals surface area contributed by atoms with Gasteiger partial charge in [0.05, 0.1) is 0 Å². The number of allylic oxidation sites excluding steroid dienone is 4. The van der Waals surface area contributed by atoms with Crippen LogP contribution in [0.25, 0.3) is 5.57 Å². The summed E-state index contributed by atoms with van der Waals surface area (Å²) in [6.45, 7) is 6.50. The fraction of sp³-hybridized carbons (Fsp3) is 0.263. The minimum absolute atomic E-state index is 1.02. The zero-order valence-corrected chi connectivity index (χ0v) is 12.1. The van der Waals surface area contributed by atoms with Crippen LogP contribution in [0.5, 0.6) is 0 Å². The first-order valence-corrected chi connectivity index (χ1v) is 7.05. The third-order valence-electron chi connectivity index (χ3n) is 3.70. The fourth-order valence-corrected chi connectivity index (χ4v) is 2.50. The van der Waals surface area contributed by atoms with E-state index in [2.05, 4.69) is 75.4 Å². The Kier molecular flexibility index (Phi) is 4.57. The van der Waals surface area contributed by atoms with E-state index in [0.29, 0.717) is 0 Å². The van der Waals surface area contributed by atoms with E-state index in [4.69, 9.17) is 0 Å². The summed E-state index contributed by atoms with van der Waals surface area (Å²) in [4.78, 5) is 0. The summed E-state index contributed by atoms with van der Waals surface area (Å²) in [6, 6.07) is 13.3. The number of aryl methyl sites for hydroxylation is 2. The molecule has 0 bridgehead atoms. The number of fused-ring (bicyclic) bond motifs is 1. The van der Waals surface area contributed by atoms with Crippen LogP contribution in [0.4, 0.5) is 0 Å². The molecule has 0 aliphatic heterocycles. The second kappa shape index (κ2) is 6.38.